The molecule has 0 aliphatic carbocycles. The van der Waals surface area contributed by atoms with Crippen LogP contribution in [0.25, 0.3) is 0 Å². The van der Waals surface area contributed by atoms with Crippen LogP contribution in [0.1, 0.15) is 0 Å². The van der Waals surface area contributed by atoms with Gasteiger partial charge in [-0.3, -0.25) is 4.72 Å². The molecule has 0 aliphatic rings. The molecular weight excluding hydrogens is 284 g/mol. The number of oxime groups is 1. The maximum Gasteiger partial charge on any atom is 0.355 e. The number of nitrogens with two attached hydrogens (primary N) is 1. The highest BCUT2D eigenvalue weighted by Gasteiger charge is 2.23. The molecule has 19 heavy (non-hydrogen) atoms. The number of halogens is 2. The average molecular weight is 295 g/mol. The van der Waals surface area contributed by atoms with Gasteiger partial charge < -0.3 is 15.7 Å². The monoisotopic (exact) mass is 295 g/mol. The zero-order chi connectivity index (χ0) is 14.5. The summed E-state index contributed by atoms with van der Waals surface area (Å²) >= 11 is 0. The van der Waals surface area contributed by atoms with Crippen LogP contribution in [-0.2, 0) is 10.0 Å². The zero-order valence-electron chi connectivity index (χ0n) is 9.45. The summed E-state index contributed by atoms with van der Waals surface area (Å²) in [5, 5.41) is 11.0. The molecule has 0 fully saturated rings. The van der Waals surface area contributed by atoms with Gasteiger partial charge in [0.1, 0.15) is 12.4 Å². The Kier molecular flexibility index (Phi) is 4.87. The smallest absolute Gasteiger partial charge is 0.355 e. The Labute approximate surface area is 107 Å². The van der Waals surface area contributed by atoms with E-state index in [-0.39, 0.29) is 18.1 Å². The van der Waals surface area contributed by atoms with E-state index in [4.69, 9.17) is 15.7 Å². The number of anilines is 1. The van der Waals surface area contributed by atoms with Crippen LogP contribution in [0.4, 0.5) is 14.5 Å². The number of benzene rings is 1. The Bertz CT molecular complexity index is 545. The minimum atomic E-state index is -4.69. The van der Waals surface area contributed by atoms with E-state index >= 15 is 0 Å². The number of amidine groups is 1. The Hall–Kier alpha value is -2.10. The minimum absolute atomic E-state index is 0.0311. The van der Waals surface area contributed by atoms with Gasteiger partial charge in [0.05, 0.1) is 0 Å². The predicted molar refractivity (Wildman–Crippen MR) is 63.9 cm³/mol. The van der Waals surface area contributed by atoms with Crippen molar-refractivity contribution in [2.45, 2.75) is 5.76 Å². The molecule has 0 amide bonds. The molecule has 1 rings (SSSR count). The van der Waals surface area contributed by atoms with Crippen LogP contribution >= 0.6 is 0 Å². The summed E-state index contributed by atoms with van der Waals surface area (Å²) in [6.45, 7) is -0.168. The summed E-state index contributed by atoms with van der Waals surface area (Å²) in [5.41, 5.74) is 5.14. The highest BCUT2D eigenvalue weighted by molar-refractivity contribution is 7.93. The van der Waals surface area contributed by atoms with Gasteiger partial charge in [-0.15, -0.1) is 0 Å². The van der Waals surface area contributed by atoms with Gasteiger partial charge in [-0.1, -0.05) is 5.16 Å². The van der Waals surface area contributed by atoms with E-state index in [1.807, 2.05) is 0 Å². The summed E-state index contributed by atoms with van der Waals surface area (Å²) < 4.78 is 52.7. The van der Waals surface area contributed by atoms with Crippen molar-refractivity contribution in [1.82, 2.24) is 0 Å². The summed E-state index contributed by atoms with van der Waals surface area (Å²) in [5.74, 6) is -3.36. The largest absolute Gasteiger partial charge is 0.486 e. The maximum atomic E-state index is 12.1. The standard InChI is InChI=1S/C9H11F2N3O4S/c10-9(11)19(16,17)14-6-1-3-7(4-2-6)18-5-8(12)13-15/h1-4,9,14-15H,5H2,(H2,12,13). The Morgan fingerprint density at radius 3 is 2.47 bits per heavy atom. The lowest BCUT2D eigenvalue weighted by Crippen LogP contribution is -2.21. The highest BCUT2D eigenvalue weighted by Crippen LogP contribution is 2.18. The average Bonchev–Trinajstić information content (AvgIpc) is 2.37. The molecule has 0 atom stereocenters. The third-order valence-electron chi connectivity index (χ3n) is 1.86. The summed E-state index contributed by atoms with van der Waals surface area (Å²) in [6, 6.07) is 5.16. The van der Waals surface area contributed by atoms with Crippen LogP contribution in [-0.4, -0.2) is 31.8 Å². The number of nitrogens with zero attached hydrogens (tertiary/aromatic N) is 1. The van der Waals surface area contributed by atoms with Crippen LogP contribution in [0.3, 0.4) is 0 Å². The maximum absolute atomic E-state index is 12.1. The van der Waals surface area contributed by atoms with Crippen molar-refractivity contribution in [1.29, 1.82) is 0 Å². The van der Waals surface area contributed by atoms with E-state index in [0.717, 1.165) is 0 Å². The molecule has 0 unspecified atom stereocenters. The first-order valence-corrected chi connectivity index (χ1v) is 6.39. The van der Waals surface area contributed by atoms with E-state index in [1.165, 1.54) is 24.3 Å². The van der Waals surface area contributed by atoms with E-state index in [1.54, 1.807) is 4.72 Å². The number of hydrogen-bond acceptors (Lipinski definition) is 5. The lowest BCUT2D eigenvalue weighted by Gasteiger charge is -2.08. The predicted octanol–water partition coefficient (Wildman–Crippen LogP) is 0.776. The van der Waals surface area contributed by atoms with Gasteiger partial charge in [0.25, 0.3) is 10.0 Å². The topological polar surface area (TPSA) is 114 Å². The molecular formula is C9H11F2N3O4S. The summed E-state index contributed by atoms with van der Waals surface area (Å²) in [7, 11) is -4.69. The van der Waals surface area contributed by atoms with Gasteiger partial charge in [0.2, 0.25) is 0 Å². The molecule has 0 heterocycles. The third-order valence-corrected chi connectivity index (χ3v) is 2.85. The van der Waals surface area contributed by atoms with Gasteiger partial charge in [-0.05, 0) is 24.3 Å². The first-order valence-electron chi connectivity index (χ1n) is 4.84. The molecule has 0 radical (unpaired) electrons. The van der Waals surface area contributed by atoms with Crippen molar-refractivity contribution in [2.24, 2.45) is 10.9 Å². The molecule has 1 aromatic rings. The lowest BCUT2D eigenvalue weighted by atomic mass is 10.3. The number of hydrogen-bond donors (Lipinski definition) is 3. The molecule has 0 saturated heterocycles. The number of alkyl halides is 2. The molecule has 0 spiro atoms. The zero-order valence-corrected chi connectivity index (χ0v) is 10.3. The van der Waals surface area contributed by atoms with Gasteiger partial charge in [0.15, 0.2) is 5.84 Å². The SMILES string of the molecule is N/C(COc1ccc(NS(=O)(=O)C(F)F)cc1)=N\O. The first-order chi connectivity index (χ1) is 8.85. The van der Waals surface area contributed by atoms with Crippen molar-refractivity contribution in [3.05, 3.63) is 24.3 Å². The second-order valence-electron chi connectivity index (χ2n) is 3.31. The Morgan fingerprint density at radius 2 is 2.00 bits per heavy atom. The lowest BCUT2D eigenvalue weighted by molar-refractivity contribution is 0.236. The second-order valence-corrected chi connectivity index (χ2v) is 4.96. The molecule has 0 bridgehead atoms. The van der Waals surface area contributed by atoms with E-state index in [0.29, 0.717) is 5.75 Å². The minimum Gasteiger partial charge on any atom is -0.486 e. The number of rotatable bonds is 6. The highest BCUT2D eigenvalue weighted by atomic mass is 32.2. The number of sulfonamides is 1. The quantitative estimate of drug-likeness (QED) is 0.310. The van der Waals surface area contributed by atoms with E-state index in [2.05, 4.69) is 5.16 Å². The molecule has 0 aliphatic heterocycles. The molecule has 0 saturated carbocycles. The van der Waals surface area contributed by atoms with Gasteiger partial charge in [0, 0.05) is 5.69 Å². The van der Waals surface area contributed by atoms with Crippen LogP contribution in [0.15, 0.2) is 29.4 Å². The van der Waals surface area contributed by atoms with Crippen molar-refractivity contribution in [3.8, 4) is 5.75 Å². The van der Waals surface area contributed by atoms with Gasteiger partial charge >= 0.3 is 5.76 Å². The van der Waals surface area contributed by atoms with Crippen molar-refractivity contribution in [2.75, 3.05) is 11.3 Å². The molecule has 10 heteroatoms. The summed E-state index contributed by atoms with van der Waals surface area (Å²) in [6.07, 6.45) is 0. The fourth-order valence-corrected chi connectivity index (χ4v) is 1.57. The Balaban J connectivity index is 2.67. The van der Waals surface area contributed by atoms with Crippen molar-refractivity contribution < 1.29 is 27.1 Å². The van der Waals surface area contributed by atoms with Crippen LogP contribution in [0, 0.1) is 0 Å². The van der Waals surface area contributed by atoms with Crippen LogP contribution < -0.4 is 15.2 Å². The van der Waals surface area contributed by atoms with Gasteiger partial charge in [-0.25, -0.2) is 8.42 Å². The van der Waals surface area contributed by atoms with Crippen LogP contribution in [0.2, 0.25) is 0 Å². The summed E-state index contributed by atoms with van der Waals surface area (Å²) in [4.78, 5) is 0. The number of nitrogens with one attached hydrogen (secondary N) is 1. The molecule has 106 valence electrons. The number of ether oxygens (including phenoxy) is 1. The third kappa shape index (κ3) is 4.58. The van der Waals surface area contributed by atoms with Crippen LogP contribution in [0.5, 0.6) is 5.75 Å². The van der Waals surface area contributed by atoms with E-state index in [9.17, 15) is 17.2 Å². The second kappa shape index (κ2) is 6.18. The Morgan fingerprint density at radius 1 is 1.42 bits per heavy atom. The molecule has 1 aromatic carbocycles. The fraction of sp³-hybridized carbons (Fsp3) is 0.222. The van der Waals surface area contributed by atoms with Crippen molar-refractivity contribution >= 4 is 21.5 Å². The fourth-order valence-electron chi connectivity index (χ4n) is 1.01. The van der Waals surface area contributed by atoms with Crippen molar-refractivity contribution in [3.63, 3.8) is 0 Å². The normalized spacial score (nSPS) is 12.5. The van der Waals surface area contributed by atoms with E-state index < -0.39 is 15.8 Å². The molecule has 0 aromatic heterocycles. The first kappa shape index (κ1) is 15.0. The molecule has 7 nitrogen and oxygen atoms in total. The molecule has 4 N–H and O–H groups in total. The van der Waals surface area contributed by atoms with Gasteiger partial charge in [-0.2, -0.15) is 8.78 Å².